The van der Waals surface area contributed by atoms with Crippen LogP contribution in [-0.4, -0.2) is 38.7 Å². The molecule has 4 nitrogen and oxygen atoms in total. The van der Waals surface area contributed by atoms with Gasteiger partial charge in [-0.2, -0.15) is 0 Å². The Morgan fingerprint density at radius 2 is 2.50 bits per heavy atom. The van der Waals surface area contributed by atoms with Crippen molar-refractivity contribution in [2.75, 3.05) is 19.0 Å². The lowest BCUT2D eigenvalue weighted by Crippen LogP contribution is -2.28. The minimum atomic E-state index is -1.95. The van der Waals surface area contributed by atoms with E-state index in [-0.39, 0.29) is 11.9 Å². The van der Waals surface area contributed by atoms with Crippen molar-refractivity contribution >= 4 is 11.1 Å². The monoisotopic (exact) mass is 163 g/mol. The maximum absolute atomic E-state index is 10.2. The highest BCUT2D eigenvalue weighted by Gasteiger charge is 2.17. The zero-order valence-electron chi connectivity index (χ0n) is 5.66. The first-order valence-corrected chi connectivity index (χ1v) is 4.46. The van der Waals surface area contributed by atoms with Gasteiger partial charge in [0.1, 0.15) is 0 Å². The Kier molecular flexibility index (Phi) is 2.79. The van der Waals surface area contributed by atoms with Gasteiger partial charge in [0.2, 0.25) is 0 Å². The van der Waals surface area contributed by atoms with Crippen LogP contribution in [0.3, 0.4) is 0 Å². The molecule has 60 valence electrons. The van der Waals surface area contributed by atoms with Crippen LogP contribution in [0.25, 0.3) is 0 Å². The molecule has 2 N–H and O–H groups in total. The molecule has 1 saturated heterocycles. The van der Waals surface area contributed by atoms with Crippen molar-refractivity contribution < 1.29 is 8.76 Å². The molecule has 0 aromatic rings. The van der Waals surface area contributed by atoms with Gasteiger partial charge in [0.05, 0.1) is 5.88 Å². The van der Waals surface area contributed by atoms with Crippen LogP contribution in [0.2, 0.25) is 0 Å². The summed E-state index contributed by atoms with van der Waals surface area (Å²) in [6, 6.07) is 0.170. The Morgan fingerprint density at radius 3 is 2.90 bits per heavy atom. The fourth-order valence-electron chi connectivity index (χ4n) is 1.13. The van der Waals surface area contributed by atoms with E-state index in [2.05, 4.69) is 0 Å². The Balaban J connectivity index is 2.24. The largest absolute Gasteiger partial charge is 0.771 e. The second kappa shape index (κ2) is 3.43. The lowest BCUT2D eigenvalue weighted by atomic mass is 10.3. The summed E-state index contributed by atoms with van der Waals surface area (Å²) in [5.74, 6) is 0.133. The summed E-state index contributed by atoms with van der Waals surface area (Å²) in [6.45, 7) is 1.53. The van der Waals surface area contributed by atoms with E-state index in [0.717, 1.165) is 13.0 Å². The van der Waals surface area contributed by atoms with Gasteiger partial charge in [-0.1, -0.05) is 0 Å². The summed E-state index contributed by atoms with van der Waals surface area (Å²) in [4.78, 5) is 1.84. The Hall–Kier alpha value is 0.0300. The van der Waals surface area contributed by atoms with Gasteiger partial charge in [-0.15, -0.1) is 0 Å². The second-order valence-electron chi connectivity index (χ2n) is 2.56. The Bertz CT molecular complexity index is 142. The predicted octanol–water partition coefficient (Wildman–Crippen LogP) is -1.14. The molecule has 0 aliphatic carbocycles. The van der Waals surface area contributed by atoms with Crippen molar-refractivity contribution in [3.63, 3.8) is 0 Å². The van der Waals surface area contributed by atoms with Crippen molar-refractivity contribution in [2.45, 2.75) is 12.5 Å². The second-order valence-corrected chi connectivity index (χ2v) is 3.42. The van der Waals surface area contributed by atoms with E-state index in [9.17, 15) is 8.76 Å². The van der Waals surface area contributed by atoms with E-state index in [1.807, 2.05) is 4.90 Å². The first-order valence-electron chi connectivity index (χ1n) is 3.22. The summed E-state index contributed by atoms with van der Waals surface area (Å²) in [7, 11) is 0. The van der Waals surface area contributed by atoms with Gasteiger partial charge in [0.25, 0.3) is 0 Å². The maximum Gasteiger partial charge on any atom is 0.0614 e. The highest BCUT2D eigenvalue weighted by Crippen LogP contribution is 2.05. The standard InChI is InChI=1S/C5H12N2O2S/c6-5-1-2-7(3-5)4-10(8)9/h5H,1-4,6H2,(H,8,9)/p-1/t5-/m1/s1. The van der Waals surface area contributed by atoms with E-state index in [4.69, 9.17) is 5.73 Å². The molecule has 1 unspecified atom stereocenters. The minimum Gasteiger partial charge on any atom is -0.771 e. The van der Waals surface area contributed by atoms with Gasteiger partial charge in [-0.3, -0.25) is 9.11 Å². The summed E-state index contributed by atoms with van der Waals surface area (Å²) in [5, 5.41) is 0. The number of nitrogens with zero attached hydrogens (tertiary/aromatic N) is 1. The van der Waals surface area contributed by atoms with Crippen LogP contribution in [0.1, 0.15) is 6.42 Å². The molecule has 0 spiro atoms. The van der Waals surface area contributed by atoms with Crippen LogP contribution in [0.4, 0.5) is 0 Å². The first kappa shape index (κ1) is 8.13. The molecular weight excluding hydrogens is 152 g/mol. The molecular formula is C5H11N2O2S-. The zero-order valence-corrected chi connectivity index (χ0v) is 6.47. The molecule has 0 aromatic heterocycles. The molecule has 1 fully saturated rings. The van der Waals surface area contributed by atoms with Crippen molar-refractivity contribution in [2.24, 2.45) is 5.73 Å². The Labute approximate surface area is 62.7 Å². The van der Waals surface area contributed by atoms with Crippen molar-refractivity contribution in [3.8, 4) is 0 Å². The summed E-state index contributed by atoms with van der Waals surface area (Å²) in [5.41, 5.74) is 5.56. The van der Waals surface area contributed by atoms with Crippen molar-refractivity contribution in [1.29, 1.82) is 0 Å². The molecule has 10 heavy (non-hydrogen) atoms. The lowest BCUT2D eigenvalue weighted by Gasteiger charge is -2.15. The molecule has 5 heteroatoms. The van der Waals surface area contributed by atoms with Gasteiger partial charge in [0.15, 0.2) is 0 Å². The molecule has 1 aliphatic heterocycles. The van der Waals surface area contributed by atoms with Crippen LogP contribution >= 0.6 is 0 Å². The molecule has 2 atom stereocenters. The van der Waals surface area contributed by atoms with Crippen molar-refractivity contribution in [1.82, 2.24) is 4.90 Å². The van der Waals surface area contributed by atoms with Gasteiger partial charge in [0, 0.05) is 19.1 Å². The highest BCUT2D eigenvalue weighted by atomic mass is 32.2. The predicted molar refractivity (Wildman–Crippen MR) is 38.0 cm³/mol. The van der Waals surface area contributed by atoms with Crippen LogP contribution < -0.4 is 5.73 Å². The fraction of sp³-hybridized carbons (Fsp3) is 1.00. The van der Waals surface area contributed by atoms with E-state index in [0.29, 0.717) is 6.54 Å². The molecule has 0 saturated carbocycles. The average Bonchev–Trinajstić information content (AvgIpc) is 2.13. The van der Waals surface area contributed by atoms with Crippen molar-refractivity contribution in [3.05, 3.63) is 0 Å². The summed E-state index contributed by atoms with van der Waals surface area (Å²) < 4.78 is 20.4. The molecule has 0 amide bonds. The van der Waals surface area contributed by atoms with Crippen LogP contribution in [0, 0.1) is 0 Å². The first-order chi connectivity index (χ1) is 4.68. The fourth-order valence-corrected chi connectivity index (χ4v) is 1.66. The maximum atomic E-state index is 10.2. The number of hydrogen-bond acceptors (Lipinski definition) is 4. The number of rotatable bonds is 2. The Morgan fingerprint density at radius 1 is 1.80 bits per heavy atom. The normalized spacial score (nSPS) is 30.8. The summed E-state index contributed by atoms with van der Waals surface area (Å²) >= 11 is -1.95. The van der Waals surface area contributed by atoms with Gasteiger partial charge in [-0.05, 0) is 17.5 Å². The van der Waals surface area contributed by atoms with E-state index in [1.165, 1.54) is 0 Å². The van der Waals surface area contributed by atoms with Crippen LogP contribution in [0.15, 0.2) is 0 Å². The third kappa shape index (κ3) is 2.34. The SMILES string of the molecule is N[C@@H]1CCN(CS(=O)[O-])C1. The molecule has 1 rings (SSSR count). The summed E-state index contributed by atoms with van der Waals surface area (Å²) in [6.07, 6.45) is 0.914. The van der Waals surface area contributed by atoms with Gasteiger partial charge >= 0.3 is 0 Å². The van der Waals surface area contributed by atoms with Gasteiger partial charge < -0.3 is 10.3 Å². The number of nitrogens with two attached hydrogens (primary N) is 1. The van der Waals surface area contributed by atoms with Gasteiger partial charge in [-0.25, -0.2) is 0 Å². The third-order valence-corrected chi connectivity index (χ3v) is 2.17. The smallest absolute Gasteiger partial charge is 0.0614 e. The molecule has 1 heterocycles. The molecule has 0 radical (unpaired) electrons. The van der Waals surface area contributed by atoms with E-state index < -0.39 is 11.1 Å². The molecule has 1 aliphatic rings. The zero-order chi connectivity index (χ0) is 7.56. The number of likely N-dealkylation sites (tertiary alicyclic amines) is 1. The minimum absolute atomic E-state index is 0.133. The average molecular weight is 163 g/mol. The lowest BCUT2D eigenvalue weighted by molar-refractivity contribution is 0.376. The quantitative estimate of drug-likeness (QED) is 0.522. The third-order valence-electron chi connectivity index (χ3n) is 1.60. The number of hydrogen-bond donors (Lipinski definition) is 1. The molecule has 0 aromatic carbocycles. The van der Waals surface area contributed by atoms with E-state index >= 15 is 0 Å². The highest BCUT2D eigenvalue weighted by molar-refractivity contribution is 7.79. The van der Waals surface area contributed by atoms with Crippen LogP contribution in [-0.2, 0) is 11.1 Å². The van der Waals surface area contributed by atoms with Crippen LogP contribution in [0.5, 0.6) is 0 Å². The van der Waals surface area contributed by atoms with E-state index in [1.54, 1.807) is 0 Å². The molecule has 0 bridgehead atoms. The topological polar surface area (TPSA) is 69.4 Å².